The van der Waals surface area contributed by atoms with Gasteiger partial charge in [-0.25, -0.2) is 0 Å². The lowest BCUT2D eigenvalue weighted by atomic mass is 10.1. The van der Waals surface area contributed by atoms with Crippen molar-refractivity contribution in [1.82, 2.24) is 5.32 Å². The lowest BCUT2D eigenvalue weighted by molar-refractivity contribution is -0.123. The number of para-hydroxylation sites is 1. The number of methoxy groups -OCH3 is 1. The molecule has 116 valence electrons. The monoisotopic (exact) mass is 299 g/mol. The van der Waals surface area contributed by atoms with Gasteiger partial charge in [0.25, 0.3) is 5.91 Å². The van der Waals surface area contributed by atoms with Crippen molar-refractivity contribution < 1.29 is 14.3 Å². The zero-order valence-corrected chi connectivity index (χ0v) is 13.1. The van der Waals surface area contributed by atoms with Gasteiger partial charge in [-0.05, 0) is 32.0 Å². The molecular formula is C18H21NO3. The van der Waals surface area contributed by atoms with Gasteiger partial charge in [0.05, 0.1) is 13.2 Å². The molecular weight excluding hydrogens is 278 g/mol. The molecule has 0 saturated heterocycles. The second-order valence-corrected chi connectivity index (χ2v) is 5.13. The Bertz CT molecular complexity index is 622. The van der Waals surface area contributed by atoms with Crippen molar-refractivity contribution in [3.63, 3.8) is 0 Å². The van der Waals surface area contributed by atoms with E-state index >= 15 is 0 Å². The molecule has 0 unspecified atom stereocenters. The van der Waals surface area contributed by atoms with E-state index in [-0.39, 0.29) is 18.6 Å². The minimum absolute atomic E-state index is 0.0114. The molecule has 22 heavy (non-hydrogen) atoms. The summed E-state index contributed by atoms with van der Waals surface area (Å²) in [5, 5.41) is 2.91. The van der Waals surface area contributed by atoms with E-state index in [1.807, 2.05) is 62.4 Å². The third-order valence-electron chi connectivity index (χ3n) is 3.37. The summed E-state index contributed by atoms with van der Waals surface area (Å²) in [6.07, 6.45) is 0. The first kappa shape index (κ1) is 15.9. The number of benzene rings is 2. The molecule has 0 bridgehead atoms. The number of carbonyl (C=O) groups is 1. The number of rotatable bonds is 6. The molecule has 0 heterocycles. The van der Waals surface area contributed by atoms with Crippen LogP contribution < -0.4 is 14.8 Å². The first-order chi connectivity index (χ1) is 10.6. The van der Waals surface area contributed by atoms with Gasteiger partial charge in [0.1, 0.15) is 11.5 Å². The van der Waals surface area contributed by atoms with Crippen molar-refractivity contribution >= 4 is 5.91 Å². The fraction of sp³-hybridized carbons (Fsp3) is 0.278. The Labute approximate surface area is 131 Å². The average molecular weight is 299 g/mol. The Morgan fingerprint density at radius 3 is 2.50 bits per heavy atom. The summed E-state index contributed by atoms with van der Waals surface area (Å²) in [6, 6.07) is 15.1. The second kappa shape index (κ2) is 7.50. The van der Waals surface area contributed by atoms with Crippen LogP contribution in [0.4, 0.5) is 0 Å². The van der Waals surface area contributed by atoms with Gasteiger partial charge in [-0.15, -0.1) is 0 Å². The summed E-state index contributed by atoms with van der Waals surface area (Å²) in [6.45, 7) is 3.91. The fourth-order valence-corrected chi connectivity index (χ4v) is 2.17. The van der Waals surface area contributed by atoms with E-state index in [9.17, 15) is 4.79 Å². The molecule has 0 aliphatic rings. The molecule has 4 heteroatoms. The van der Waals surface area contributed by atoms with Gasteiger partial charge in [-0.1, -0.05) is 35.9 Å². The number of aryl methyl sites for hydroxylation is 1. The summed E-state index contributed by atoms with van der Waals surface area (Å²) in [7, 11) is 1.62. The van der Waals surface area contributed by atoms with E-state index in [1.54, 1.807) is 7.11 Å². The molecule has 2 aromatic carbocycles. The van der Waals surface area contributed by atoms with Crippen LogP contribution in [0.1, 0.15) is 24.1 Å². The molecule has 4 nitrogen and oxygen atoms in total. The van der Waals surface area contributed by atoms with Crippen molar-refractivity contribution in [3.8, 4) is 11.5 Å². The van der Waals surface area contributed by atoms with Crippen molar-refractivity contribution in [1.29, 1.82) is 0 Å². The highest BCUT2D eigenvalue weighted by molar-refractivity contribution is 5.78. The fourth-order valence-electron chi connectivity index (χ4n) is 2.17. The van der Waals surface area contributed by atoms with Crippen LogP contribution in [-0.4, -0.2) is 19.6 Å². The van der Waals surface area contributed by atoms with Gasteiger partial charge >= 0.3 is 0 Å². The summed E-state index contributed by atoms with van der Waals surface area (Å²) >= 11 is 0. The highest BCUT2D eigenvalue weighted by Crippen LogP contribution is 2.24. The number of ether oxygens (including phenoxy) is 2. The molecule has 1 N–H and O–H groups in total. The van der Waals surface area contributed by atoms with Crippen LogP contribution in [0, 0.1) is 6.92 Å². The predicted molar refractivity (Wildman–Crippen MR) is 86.2 cm³/mol. The normalized spacial score (nSPS) is 11.6. The quantitative estimate of drug-likeness (QED) is 0.890. The molecule has 0 spiro atoms. The number of carbonyl (C=O) groups excluding carboxylic acids is 1. The van der Waals surface area contributed by atoms with E-state index < -0.39 is 0 Å². The van der Waals surface area contributed by atoms with E-state index in [4.69, 9.17) is 9.47 Å². The van der Waals surface area contributed by atoms with Gasteiger partial charge in [-0.3, -0.25) is 4.79 Å². The highest BCUT2D eigenvalue weighted by Gasteiger charge is 2.13. The standard InChI is InChI=1S/C18H21NO3/c1-13-8-10-15(11-9-13)22-12-18(20)19-14(2)16-6-4-5-7-17(16)21-3/h4-11,14H,12H2,1-3H3,(H,19,20)/t14-/m0/s1. The number of amides is 1. The summed E-state index contributed by atoms with van der Waals surface area (Å²) in [5.41, 5.74) is 2.09. The van der Waals surface area contributed by atoms with Crippen LogP contribution in [0.25, 0.3) is 0 Å². The molecule has 0 radical (unpaired) electrons. The van der Waals surface area contributed by atoms with Crippen LogP contribution in [0.2, 0.25) is 0 Å². The maximum atomic E-state index is 12.0. The molecule has 2 rings (SSSR count). The van der Waals surface area contributed by atoms with E-state index in [1.165, 1.54) is 0 Å². The first-order valence-electron chi connectivity index (χ1n) is 7.22. The Morgan fingerprint density at radius 1 is 1.14 bits per heavy atom. The van der Waals surface area contributed by atoms with E-state index in [0.29, 0.717) is 5.75 Å². The minimum atomic E-state index is -0.168. The topological polar surface area (TPSA) is 47.6 Å². The molecule has 2 aromatic rings. The Kier molecular flexibility index (Phi) is 5.42. The molecule has 0 aliphatic heterocycles. The predicted octanol–water partition coefficient (Wildman–Crippen LogP) is 3.26. The first-order valence-corrected chi connectivity index (χ1v) is 7.22. The van der Waals surface area contributed by atoms with Gasteiger partial charge in [-0.2, -0.15) is 0 Å². The third-order valence-corrected chi connectivity index (χ3v) is 3.37. The van der Waals surface area contributed by atoms with Gasteiger partial charge < -0.3 is 14.8 Å². The minimum Gasteiger partial charge on any atom is -0.496 e. The van der Waals surface area contributed by atoms with Crippen molar-refractivity contribution in [2.45, 2.75) is 19.9 Å². The maximum absolute atomic E-state index is 12.0. The third kappa shape index (κ3) is 4.25. The SMILES string of the molecule is COc1ccccc1[C@H](C)NC(=O)COc1ccc(C)cc1. The van der Waals surface area contributed by atoms with E-state index in [2.05, 4.69) is 5.32 Å². The summed E-state index contributed by atoms with van der Waals surface area (Å²) < 4.78 is 10.8. The maximum Gasteiger partial charge on any atom is 0.258 e. The van der Waals surface area contributed by atoms with Gasteiger partial charge in [0.15, 0.2) is 6.61 Å². The van der Waals surface area contributed by atoms with Crippen LogP contribution in [0.15, 0.2) is 48.5 Å². The van der Waals surface area contributed by atoms with Crippen LogP contribution in [-0.2, 0) is 4.79 Å². The van der Waals surface area contributed by atoms with E-state index in [0.717, 1.165) is 16.9 Å². The van der Waals surface area contributed by atoms with Crippen molar-refractivity contribution in [3.05, 3.63) is 59.7 Å². The average Bonchev–Trinajstić information content (AvgIpc) is 2.54. The Hall–Kier alpha value is -2.49. The molecule has 0 fully saturated rings. The number of nitrogens with one attached hydrogen (secondary N) is 1. The molecule has 0 aromatic heterocycles. The molecule has 1 atom stereocenters. The number of hydrogen-bond donors (Lipinski definition) is 1. The highest BCUT2D eigenvalue weighted by atomic mass is 16.5. The molecule has 0 saturated carbocycles. The molecule has 1 amide bonds. The van der Waals surface area contributed by atoms with Crippen molar-refractivity contribution in [2.24, 2.45) is 0 Å². The van der Waals surface area contributed by atoms with Crippen LogP contribution in [0.5, 0.6) is 11.5 Å². The smallest absolute Gasteiger partial charge is 0.258 e. The van der Waals surface area contributed by atoms with Crippen molar-refractivity contribution in [2.75, 3.05) is 13.7 Å². The van der Waals surface area contributed by atoms with Gasteiger partial charge in [0, 0.05) is 5.56 Å². The van der Waals surface area contributed by atoms with Crippen LogP contribution >= 0.6 is 0 Å². The summed E-state index contributed by atoms with van der Waals surface area (Å²) in [4.78, 5) is 12.0. The Balaban J connectivity index is 1.90. The zero-order chi connectivity index (χ0) is 15.9. The number of hydrogen-bond acceptors (Lipinski definition) is 3. The second-order valence-electron chi connectivity index (χ2n) is 5.13. The lowest BCUT2D eigenvalue weighted by Gasteiger charge is -2.17. The summed E-state index contributed by atoms with van der Waals surface area (Å²) in [5.74, 6) is 1.28. The van der Waals surface area contributed by atoms with Crippen LogP contribution in [0.3, 0.4) is 0 Å². The zero-order valence-electron chi connectivity index (χ0n) is 13.1. The molecule has 0 aliphatic carbocycles. The van der Waals surface area contributed by atoms with Gasteiger partial charge in [0.2, 0.25) is 0 Å². The lowest BCUT2D eigenvalue weighted by Crippen LogP contribution is -2.31. The largest absolute Gasteiger partial charge is 0.496 e. The Morgan fingerprint density at radius 2 is 1.82 bits per heavy atom.